The molecule has 0 aromatic carbocycles. The van der Waals surface area contributed by atoms with Crippen LogP contribution in [0.4, 0.5) is 0 Å². The molecule has 0 heterocycles. The maximum atomic E-state index is 11.1. The Bertz CT molecular complexity index is 401. The SMILES string of the molecule is C=C(C)C(=O)O.CCCCCCCC/C=C\CCCCCCCC(=O)OCC. The Hall–Kier alpha value is -1.58. The number of ether oxygens (including phenoxy) is 1. The summed E-state index contributed by atoms with van der Waals surface area (Å²) in [6.45, 7) is 9.23. The molecule has 0 rings (SSSR count). The van der Waals surface area contributed by atoms with E-state index in [2.05, 4.69) is 25.7 Å². The van der Waals surface area contributed by atoms with Gasteiger partial charge in [-0.3, -0.25) is 4.79 Å². The zero-order chi connectivity index (χ0) is 21.5. The molecule has 0 aromatic rings. The fourth-order valence-electron chi connectivity index (χ4n) is 2.57. The molecule has 0 unspecified atom stereocenters. The first-order chi connectivity index (χ1) is 13.5. The van der Waals surface area contributed by atoms with Crippen molar-refractivity contribution in [2.45, 2.75) is 111 Å². The van der Waals surface area contributed by atoms with Gasteiger partial charge in [0.25, 0.3) is 0 Å². The van der Waals surface area contributed by atoms with Gasteiger partial charge in [0.2, 0.25) is 0 Å². The average Bonchev–Trinajstić information content (AvgIpc) is 2.65. The number of carboxylic acids is 1. The van der Waals surface area contributed by atoms with E-state index in [9.17, 15) is 9.59 Å². The molecule has 0 radical (unpaired) electrons. The summed E-state index contributed by atoms with van der Waals surface area (Å²) in [5, 5.41) is 7.89. The van der Waals surface area contributed by atoms with Gasteiger partial charge in [0.1, 0.15) is 0 Å². The molecule has 164 valence electrons. The highest BCUT2D eigenvalue weighted by Gasteiger charge is 2.00. The van der Waals surface area contributed by atoms with Gasteiger partial charge < -0.3 is 9.84 Å². The Kier molecular flexibility index (Phi) is 24.0. The van der Waals surface area contributed by atoms with Crippen LogP contribution in [0.25, 0.3) is 0 Å². The van der Waals surface area contributed by atoms with Gasteiger partial charge in [-0.1, -0.05) is 77.0 Å². The van der Waals surface area contributed by atoms with Crippen molar-refractivity contribution < 1.29 is 19.4 Å². The van der Waals surface area contributed by atoms with Crippen LogP contribution in [-0.2, 0) is 14.3 Å². The summed E-state index contributed by atoms with van der Waals surface area (Å²) in [6, 6.07) is 0. The maximum Gasteiger partial charge on any atom is 0.330 e. The summed E-state index contributed by atoms with van der Waals surface area (Å²) in [6.07, 6.45) is 22.0. The van der Waals surface area contributed by atoms with Crippen LogP contribution >= 0.6 is 0 Å². The minimum atomic E-state index is -0.935. The molecule has 0 saturated heterocycles. The van der Waals surface area contributed by atoms with E-state index in [1.54, 1.807) is 0 Å². The molecule has 0 saturated carbocycles. The standard InChI is InChI=1S/C20H38O2.C4H6O2/c1-3-5-6-7-8-9-10-11-12-13-14-15-16-17-18-19-20(21)22-4-2;1-3(2)4(5)6/h11-12H,3-10,13-19H2,1-2H3;1H2,2H3,(H,5,6)/b12-11-;. The summed E-state index contributed by atoms with van der Waals surface area (Å²) < 4.78 is 4.91. The highest BCUT2D eigenvalue weighted by atomic mass is 16.5. The largest absolute Gasteiger partial charge is 0.478 e. The van der Waals surface area contributed by atoms with Crippen LogP contribution in [0.1, 0.15) is 111 Å². The number of aliphatic carboxylic acids is 1. The Labute approximate surface area is 173 Å². The van der Waals surface area contributed by atoms with Crippen LogP contribution in [0.2, 0.25) is 0 Å². The minimum absolute atomic E-state index is 0.0415. The summed E-state index contributed by atoms with van der Waals surface area (Å²) >= 11 is 0. The van der Waals surface area contributed by atoms with E-state index in [0.717, 1.165) is 12.8 Å². The van der Waals surface area contributed by atoms with Crippen molar-refractivity contribution in [3.8, 4) is 0 Å². The van der Waals surface area contributed by atoms with Crippen LogP contribution in [0, 0.1) is 0 Å². The molecule has 0 aliphatic carbocycles. The monoisotopic (exact) mass is 396 g/mol. The Morgan fingerprint density at radius 2 is 1.25 bits per heavy atom. The highest BCUT2D eigenvalue weighted by molar-refractivity contribution is 5.84. The molecule has 0 atom stereocenters. The smallest absolute Gasteiger partial charge is 0.330 e. The van der Waals surface area contributed by atoms with Gasteiger partial charge in [0.15, 0.2) is 0 Å². The number of carbonyl (C=O) groups excluding carboxylic acids is 1. The van der Waals surface area contributed by atoms with Crippen molar-refractivity contribution >= 4 is 11.9 Å². The highest BCUT2D eigenvalue weighted by Crippen LogP contribution is 2.10. The van der Waals surface area contributed by atoms with Gasteiger partial charge in [-0.2, -0.15) is 0 Å². The summed E-state index contributed by atoms with van der Waals surface area (Å²) in [4.78, 5) is 20.7. The number of carboxylic acid groups (broad SMARTS) is 1. The lowest BCUT2D eigenvalue weighted by Gasteiger charge is -2.01. The molecule has 0 aromatic heterocycles. The van der Waals surface area contributed by atoms with Crippen LogP contribution in [0.3, 0.4) is 0 Å². The third-order valence-corrected chi connectivity index (χ3v) is 4.31. The quantitative estimate of drug-likeness (QED) is 0.122. The van der Waals surface area contributed by atoms with Crippen LogP contribution in [-0.4, -0.2) is 23.7 Å². The van der Waals surface area contributed by atoms with Gasteiger partial charge in [0, 0.05) is 12.0 Å². The van der Waals surface area contributed by atoms with Gasteiger partial charge in [-0.25, -0.2) is 4.79 Å². The van der Waals surface area contributed by atoms with Gasteiger partial charge in [0.05, 0.1) is 6.61 Å². The fourth-order valence-corrected chi connectivity index (χ4v) is 2.57. The number of carbonyl (C=O) groups is 2. The number of unbranched alkanes of at least 4 members (excludes halogenated alkanes) is 11. The van der Waals surface area contributed by atoms with Crippen molar-refractivity contribution in [1.29, 1.82) is 0 Å². The topological polar surface area (TPSA) is 63.6 Å². The summed E-state index contributed by atoms with van der Waals surface area (Å²) in [5.74, 6) is -0.977. The molecule has 4 heteroatoms. The Balaban J connectivity index is 0. The predicted octanol–water partition coefficient (Wildman–Crippen LogP) is 7.23. The molecular weight excluding hydrogens is 352 g/mol. The number of allylic oxidation sites excluding steroid dienone is 2. The van der Waals surface area contributed by atoms with Crippen molar-refractivity contribution in [2.75, 3.05) is 6.61 Å². The van der Waals surface area contributed by atoms with Crippen LogP contribution in [0.15, 0.2) is 24.3 Å². The van der Waals surface area contributed by atoms with E-state index in [1.165, 1.54) is 77.6 Å². The number of hydrogen-bond acceptors (Lipinski definition) is 3. The molecule has 0 spiro atoms. The first-order valence-electron chi connectivity index (χ1n) is 11.1. The second-order valence-corrected chi connectivity index (χ2v) is 7.22. The van der Waals surface area contributed by atoms with E-state index < -0.39 is 5.97 Å². The van der Waals surface area contributed by atoms with Crippen molar-refractivity contribution in [1.82, 2.24) is 0 Å². The minimum Gasteiger partial charge on any atom is -0.478 e. The van der Waals surface area contributed by atoms with Crippen molar-refractivity contribution in [3.63, 3.8) is 0 Å². The predicted molar refractivity (Wildman–Crippen MR) is 119 cm³/mol. The van der Waals surface area contributed by atoms with E-state index in [0.29, 0.717) is 13.0 Å². The molecule has 0 aliphatic rings. The number of esters is 1. The zero-order valence-corrected chi connectivity index (χ0v) is 18.6. The lowest BCUT2D eigenvalue weighted by atomic mass is 10.1. The fraction of sp³-hybridized carbons (Fsp3) is 0.750. The average molecular weight is 397 g/mol. The molecule has 0 fully saturated rings. The third-order valence-electron chi connectivity index (χ3n) is 4.31. The Morgan fingerprint density at radius 1 is 0.821 bits per heavy atom. The summed E-state index contributed by atoms with van der Waals surface area (Å²) in [5.41, 5.74) is 0.176. The normalized spacial score (nSPS) is 10.4. The van der Waals surface area contributed by atoms with Crippen LogP contribution < -0.4 is 0 Å². The molecule has 28 heavy (non-hydrogen) atoms. The molecule has 0 amide bonds. The van der Waals surface area contributed by atoms with Crippen molar-refractivity contribution in [2.24, 2.45) is 0 Å². The van der Waals surface area contributed by atoms with Gasteiger partial charge in [-0.15, -0.1) is 0 Å². The lowest BCUT2D eigenvalue weighted by Crippen LogP contribution is -2.03. The summed E-state index contributed by atoms with van der Waals surface area (Å²) in [7, 11) is 0. The lowest BCUT2D eigenvalue weighted by molar-refractivity contribution is -0.143. The first-order valence-corrected chi connectivity index (χ1v) is 11.1. The van der Waals surface area contributed by atoms with Gasteiger partial charge >= 0.3 is 11.9 Å². The molecular formula is C24H44O4. The molecule has 0 aliphatic heterocycles. The number of hydrogen-bond donors (Lipinski definition) is 1. The molecule has 1 N–H and O–H groups in total. The molecule has 0 bridgehead atoms. The Morgan fingerprint density at radius 3 is 1.68 bits per heavy atom. The van der Waals surface area contributed by atoms with E-state index in [4.69, 9.17) is 9.84 Å². The van der Waals surface area contributed by atoms with Crippen LogP contribution in [0.5, 0.6) is 0 Å². The third kappa shape index (κ3) is 26.6. The van der Waals surface area contributed by atoms with E-state index in [1.807, 2.05) is 6.92 Å². The van der Waals surface area contributed by atoms with Gasteiger partial charge in [-0.05, 0) is 46.0 Å². The maximum absolute atomic E-state index is 11.1. The number of rotatable bonds is 17. The first kappa shape index (κ1) is 28.6. The zero-order valence-electron chi connectivity index (χ0n) is 18.6. The second kappa shape index (κ2) is 23.5. The van der Waals surface area contributed by atoms with E-state index in [-0.39, 0.29) is 11.5 Å². The molecule has 4 nitrogen and oxygen atoms in total. The second-order valence-electron chi connectivity index (χ2n) is 7.22. The van der Waals surface area contributed by atoms with Crippen molar-refractivity contribution in [3.05, 3.63) is 24.3 Å². The van der Waals surface area contributed by atoms with E-state index >= 15 is 0 Å².